The van der Waals surface area contributed by atoms with E-state index >= 15 is 0 Å². The average Bonchev–Trinajstić information content (AvgIpc) is 2.41. The van der Waals surface area contributed by atoms with Crippen LogP contribution in [0.5, 0.6) is 0 Å². The Morgan fingerprint density at radius 2 is 1.60 bits per heavy atom. The maximum Gasteiger partial charge on any atom is 0.257 e. The highest BCUT2D eigenvalue weighted by Crippen LogP contribution is 2.23. The molecule has 1 aromatic carbocycles. The highest BCUT2D eigenvalue weighted by atomic mass is 19.2. The Kier molecular flexibility index (Phi) is 5.30. The second kappa shape index (κ2) is 6.54. The Morgan fingerprint density at radius 3 is 2.05 bits per heavy atom. The van der Waals surface area contributed by atoms with Crippen LogP contribution in [-0.2, 0) is 0 Å². The number of rotatable bonds is 4. The van der Waals surface area contributed by atoms with Crippen molar-refractivity contribution in [3.8, 4) is 0 Å². The molecule has 2 nitrogen and oxygen atoms in total. The van der Waals surface area contributed by atoms with Crippen molar-refractivity contribution in [2.75, 3.05) is 6.54 Å². The van der Waals surface area contributed by atoms with Crippen molar-refractivity contribution in [2.24, 2.45) is 0 Å². The predicted molar refractivity (Wildman–Crippen MR) is 67.4 cm³/mol. The third-order valence-corrected chi connectivity index (χ3v) is 2.79. The summed E-state index contributed by atoms with van der Waals surface area (Å²) in [6, 6.07) is 0. The highest BCUT2D eigenvalue weighted by molar-refractivity contribution is 5.95. The van der Waals surface area contributed by atoms with Gasteiger partial charge >= 0.3 is 0 Å². The van der Waals surface area contributed by atoms with Crippen molar-refractivity contribution in [1.29, 1.82) is 0 Å². The topological polar surface area (TPSA) is 29.1 Å². The molecule has 0 atom stereocenters. The van der Waals surface area contributed by atoms with E-state index < -0.39 is 40.3 Å². The number of carbonyl (C=O) groups is 1. The summed E-state index contributed by atoms with van der Waals surface area (Å²) < 4.78 is 53.8. The zero-order chi connectivity index (χ0) is 15.4. The molecule has 110 valence electrons. The lowest BCUT2D eigenvalue weighted by Crippen LogP contribution is -2.28. The Hall–Kier alpha value is -1.85. The molecule has 0 unspecified atom stereocenters. The van der Waals surface area contributed by atoms with Gasteiger partial charge in [-0.2, -0.15) is 0 Å². The molecule has 1 rings (SSSR count). The van der Waals surface area contributed by atoms with Crippen molar-refractivity contribution in [2.45, 2.75) is 27.2 Å². The Labute approximate surface area is 114 Å². The largest absolute Gasteiger partial charge is 0.348 e. The third-order valence-electron chi connectivity index (χ3n) is 2.79. The van der Waals surface area contributed by atoms with Gasteiger partial charge in [-0.25, -0.2) is 17.6 Å². The van der Waals surface area contributed by atoms with E-state index in [0.717, 1.165) is 18.9 Å². The molecule has 20 heavy (non-hydrogen) atoms. The molecule has 0 fully saturated rings. The molecule has 0 aromatic heterocycles. The lowest BCUT2D eigenvalue weighted by Gasteiger charge is -2.10. The van der Waals surface area contributed by atoms with Crippen LogP contribution in [0.4, 0.5) is 17.6 Å². The van der Waals surface area contributed by atoms with E-state index in [2.05, 4.69) is 5.32 Å². The van der Waals surface area contributed by atoms with Crippen molar-refractivity contribution in [3.63, 3.8) is 0 Å². The minimum Gasteiger partial charge on any atom is -0.348 e. The zero-order valence-electron chi connectivity index (χ0n) is 11.4. The lowest BCUT2D eigenvalue weighted by molar-refractivity contribution is 0.0946. The smallest absolute Gasteiger partial charge is 0.257 e. The van der Waals surface area contributed by atoms with E-state index in [0.29, 0.717) is 0 Å². The second-order valence-electron chi connectivity index (χ2n) is 4.40. The van der Waals surface area contributed by atoms with Crippen LogP contribution in [0.25, 0.3) is 0 Å². The summed E-state index contributed by atoms with van der Waals surface area (Å²) in [5, 5.41) is 2.22. The molecule has 0 heterocycles. The molecule has 0 bridgehead atoms. The zero-order valence-corrected chi connectivity index (χ0v) is 11.4. The van der Waals surface area contributed by atoms with Gasteiger partial charge in [0.25, 0.3) is 5.91 Å². The summed E-state index contributed by atoms with van der Waals surface area (Å²) >= 11 is 0. The van der Waals surface area contributed by atoms with Gasteiger partial charge in [-0.05, 0) is 20.3 Å². The molecule has 0 saturated heterocycles. The number of benzene rings is 1. The van der Waals surface area contributed by atoms with Crippen LogP contribution in [-0.4, -0.2) is 12.5 Å². The summed E-state index contributed by atoms with van der Waals surface area (Å²) in [5.41, 5.74) is -1.26. The van der Waals surface area contributed by atoms with Crippen LogP contribution in [0.3, 0.4) is 0 Å². The van der Waals surface area contributed by atoms with E-state index in [1.807, 2.05) is 13.0 Å². The van der Waals surface area contributed by atoms with Crippen molar-refractivity contribution >= 4 is 5.91 Å². The van der Waals surface area contributed by atoms with Gasteiger partial charge in [0.2, 0.25) is 0 Å². The average molecular weight is 289 g/mol. The second-order valence-corrected chi connectivity index (χ2v) is 4.40. The molecular formula is C14H15F4NO. The van der Waals surface area contributed by atoms with Gasteiger partial charge in [-0.3, -0.25) is 4.79 Å². The van der Waals surface area contributed by atoms with Gasteiger partial charge in [0, 0.05) is 12.1 Å². The van der Waals surface area contributed by atoms with Gasteiger partial charge in [0.05, 0.1) is 0 Å². The number of hydrogen-bond acceptors (Lipinski definition) is 1. The highest BCUT2D eigenvalue weighted by Gasteiger charge is 2.27. The number of allylic oxidation sites excluding steroid dienone is 1. The monoisotopic (exact) mass is 289 g/mol. The molecule has 1 aromatic rings. The molecule has 0 aliphatic heterocycles. The number of halogens is 4. The Morgan fingerprint density at radius 1 is 1.10 bits per heavy atom. The first-order chi connectivity index (χ1) is 9.31. The first-order valence-electron chi connectivity index (χ1n) is 6.07. The minimum absolute atomic E-state index is 0.0443. The fourth-order valence-corrected chi connectivity index (χ4v) is 1.67. The van der Waals surface area contributed by atoms with Crippen LogP contribution in [0.1, 0.15) is 36.2 Å². The number of amides is 1. The van der Waals surface area contributed by atoms with E-state index in [1.165, 1.54) is 0 Å². The molecule has 0 saturated carbocycles. The van der Waals surface area contributed by atoms with E-state index in [9.17, 15) is 22.4 Å². The van der Waals surface area contributed by atoms with Gasteiger partial charge in [-0.1, -0.05) is 18.6 Å². The van der Waals surface area contributed by atoms with Crippen LogP contribution >= 0.6 is 0 Å². The summed E-state index contributed by atoms with van der Waals surface area (Å²) in [6.45, 7) is 4.54. The molecule has 6 heteroatoms. The third kappa shape index (κ3) is 3.18. The summed E-state index contributed by atoms with van der Waals surface area (Å²) in [6.07, 6.45) is 2.54. The van der Waals surface area contributed by atoms with E-state index in [1.54, 1.807) is 6.92 Å². The van der Waals surface area contributed by atoms with E-state index in [-0.39, 0.29) is 6.54 Å². The van der Waals surface area contributed by atoms with Crippen LogP contribution in [0.15, 0.2) is 11.6 Å². The van der Waals surface area contributed by atoms with Gasteiger partial charge in [0.1, 0.15) is 5.56 Å². The van der Waals surface area contributed by atoms with Crippen LogP contribution in [0.2, 0.25) is 0 Å². The summed E-state index contributed by atoms with van der Waals surface area (Å²) in [5.74, 6) is -7.68. The SMILES string of the molecule is CC/C=C(\C)CNC(=O)c1c(F)c(F)c(C)c(F)c1F. The summed E-state index contributed by atoms with van der Waals surface area (Å²) in [4.78, 5) is 11.7. The fraction of sp³-hybridized carbons (Fsp3) is 0.357. The molecule has 1 amide bonds. The van der Waals surface area contributed by atoms with E-state index in [4.69, 9.17) is 0 Å². The fourth-order valence-electron chi connectivity index (χ4n) is 1.67. The van der Waals surface area contributed by atoms with Gasteiger partial charge < -0.3 is 5.32 Å². The molecule has 0 aliphatic carbocycles. The van der Waals surface area contributed by atoms with Crippen molar-refractivity contribution < 1.29 is 22.4 Å². The summed E-state index contributed by atoms with van der Waals surface area (Å²) in [7, 11) is 0. The Balaban J connectivity index is 3.09. The Bertz CT molecular complexity index is 538. The maximum absolute atomic E-state index is 13.6. The quantitative estimate of drug-likeness (QED) is 0.512. The first kappa shape index (κ1) is 16.2. The molecule has 0 spiro atoms. The molecule has 1 N–H and O–H groups in total. The molecule has 0 aliphatic rings. The van der Waals surface area contributed by atoms with Gasteiger partial charge in [0.15, 0.2) is 23.3 Å². The molecule has 0 radical (unpaired) electrons. The minimum atomic E-state index is -1.68. The number of hydrogen-bond donors (Lipinski definition) is 1. The molecular weight excluding hydrogens is 274 g/mol. The normalized spacial score (nSPS) is 11.7. The van der Waals surface area contributed by atoms with Crippen molar-refractivity contribution in [1.82, 2.24) is 5.32 Å². The van der Waals surface area contributed by atoms with Crippen LogP contribution < -0.4 is 5.32 Å². The standard InChI is InChI=1S/C14H15F4NO/c1-4-5-7(2)6-19-14(20)9-12(17)10(15)8(3)11(16)13(9)18/h5H,4,6H2,1-3H3,(H,19,20)/b7-5+. The van der Waals surface area contributed by atoms with Crippen molar-refractivity contribution in [3.05, 3.63) is 46.0 Å². The number of nitrogens with one attached hydrogen (secondary N) is 1. The lowest BCUT2D eigenvalue weighted by atomic mass is 10.1. The maximum atomic E-state index is 13.6. The number of carbonyl (C=O) groups excluding carboxylic acids is 1. The first-order valence-corrected chi connectivity index (χ1v) is 6.07. The van der Waals surface area contributed by atoms with Gasteiger partial charge in [-0.15, -0.1) is 0 Å². The van der Waals surface area contributed by atoms with Crippen LogP contribution in [0, 0.1) is 30.2 Å². The predicted octanol–water partition coefficient (Wildman–Crippen LogP) is 3.64.